The van der Waals surface area contributed by atoms with Crippen LogP contribution in [0, 0.1) is 11.7 Å². The first-order valence-corrected chi connectivity index (χ1v) is 7.05. The molecule has 5 nitrogen and oxygen atoms in total. The molecule has 1 aliphatic rings. The molecule has 112 valence electrons. The lowest BCUT2D eigenvalue weighted by Gasteiger charge is -2.11. The Bertz CT molecular complexity index is 625. The minimum atomic E-state index is -0.408. The molecule has 1 atom stereocenters. The Hall–Kier alpha value is -1.95. The van der Waals surface area contributed by atoms with Gasteiger partial charge in [-0.05, 0) is 44.0 Å². The van der Waals surface area contributed by atoms with Crippen LogP contribution in [-0.2, 0) is 6.42 Å². The molecule has 1 aromatic heterocycles. The lowest BCUT2D eigenvalue weighted by atomic mass is 10.1. The Labute approximate surface area is 122 Å². The van der Waals surface area contributed by atoms with Gasteiger partial charge in [-0.15, -0.1) is 0 Å². The van der Waals surface area contributed by atoms with E-state index in [1.54, 1.807) is 12.1 Å². The Kier molecular flexibility index (Phi) is 3.88. The predicted octanol–water partition coefficient (Wildman–Crippen LogP) is 2.42. The van der Waals surface area contributed by atoms with Crippen LogP contribution in [0.5, 0.6) is 5.75 Å². The van der Waals surface area contributed by atoms with Crippen LogP contribution < -0.4 is 10.1 Å². The van der Waals surface area contributed by atoms with Crippen LogP contribution in [0.2, 0.25) is 0 Å². The number of likely N-dealkylation sites (N-methyl/N-ethyl adjacent to an activating group) is 1. The van der Waals surface area contributed by atoms with Gasteiger partial charge in [0.05, 0.1) is 7.11 Å². The van der Waals surface area contributed by atoms with E-state index < -0.39 is 5.82 Å². The van der Waals surface area contributed by atoms with Crippen LogP contribution in [-0.4, -0.2) is 30.3 Å². The summed E-state index contributed by atoms with van der Waals surface area (Å²) in [6.45, 7) is 0. The second-order valence-electron chi connectivity index (χ2n) is 5.30. The van der Waals surface area contributed by atoms with Gasteiger partial charge in [-0.1, -0.05) is 5.16 Å². The summed E-state index contributed by atoms with van der Waals surface area (Å²) in [5, 5.41) is 7.26. The number of nitrogens with one attached hydrogen (secondary N) is 1. The Morgan fingerprint density at radius 1 is 1.48 bits per heavy atom. The quantitative estimate of drug-likeness (QED) is 0.885. The highest BCUT2D eigenvalue weighted by Crippen LogP contribution is 2.34. The summed E-state index contributed by atoms with van der Waals surface area (Å²) in [5.41, 5.74) is 0.677. The van der Waals surface area contributed by atoms with Crippen LogP contribution in [0.3, 0.4) is 0 Å². The van der Waals surface area contributed by atoms with E-state index in [4.69, 9.17) is 9.26 Å². The summed E-state index contributed by atoms with van der Waals surface area (Å²) >= 11 is 0. The number of aromatic nitrogens is 2. The van der Waals surface area contributed by atoms with Gasteiger partial charge in [0.25, 0.3) is 0 Å². The second-order valence-corrected chi connectivity index (χ2v) is 5.30. The summed E-state index contributed by atoms with van der Waals surface area (Å²) in [6, 6.07) is 4.90. The number of nitrogens with zero attached hydrogens (tertiary/aromatic N) is 2. The Morgan fingerprint density at radius 2 is 2.29 bits per heavy atom. The fraction of sp³-hybridized carbons (Fsp3) is 0.467. The molecule has 6 heteroatoms. The van der Waals surface area contributed by atoms with Crippen molar-refractivity contribution in [3.63, 3.8) is 0 Å². The summed E-state index contributed by atoms with van der Waals surface area (Å²) in [4.78, 5) is 4.39. The van der Waals surface area contributed by atoms with Crippen LogP contribution in [0.15, 0.2) is 22.7 Å². The maximum Gasteiger partial charge on any atom is 0.228 e. The third kappa shape index (κ3) is 3.05. The highest BCUT2D eigenvalue weighted by Gasteiger charge is 2.31. The zero-order chi connectivity index (χ0) is 14.8. The number of hydrogen-bond acceptors (Lipinski definition) is 5. The van der Waals surface area contributed by atoms with Gasteiger partial charge in [-0.2, -0.15) is 4.98 Å². The first kappa shape index (κ1) is 14.0. The molecule has 2 aromatic rings. The van der Waals surface area contributed by atoms with Gasteiger partial charge in [0.2, 0.25) is 11.7 Å². The lowest BCUT2D eigenvalue weighted by molar-refractivity contribution is 0.352. The molecule has 1 aromatic carbocycles. The summed E-state index contributed by atoms with van der Waals surface area (Å²) in [7, 11) is 3.38. The van der Waals surface area contributed by atoms with E-state index in [2.05, 4.69) is 15.5 Å². The highest BCUT2D eigenvalue weighted by atomic mass is 19.1. The number of halogens is 1. The van der Waals surface area contributed by atoms with Gasteiger partial charge in [0.1, 0.15) is 0 Å². The third-order valence-electron chi connectivity index (χ3n) is 3.83. The molecule has 0 aliphatic heterocycles. The average molecular weight is 291 g/mol. The average Bonchev–Trinajstić information content (AvgIpc) is 3.24. The molecule has 0 amide bonds. The minimum Gasteiger partial charge on any atom is -0.494 e. The van der Waals surface area contributed by atoms with Gasteiger partial charge in [-0.3, -0.25) is 0 Å². The van der Waals surface area contributed by atoms with Crippen molar-refractivity contribution < 1.29 is 13.7 Å². The highest BCUT2D eigenvalue weighted by molar-refractivity contribution is 5.57. The molecule has 0 bridgehead atoms. The van der Waals surface area contributed by atoms with E-state index in [1.165, 1.54) is 26.0 Å². The topological polar surface area (TPSA) is 60.2 Å². The molecule has 1 heterocycles. The van der Waals surface area contributed by atoms with Crippen LogP contribution in [0.25, 0.3) is 11.4 Å². The fourth-order valence-corrected chi connectivity index (χ4v) is 2.45. The number of hydrogen-bond donors (Lipinski definition) is 1. The van der Waals surface area contributed by atoms with Crippen LogP contribution in [0.1, 0.15) is 18.7 Å². The molecule has 1 saturated carbocycles. The number of rotatable bonds is 6. The molecular weight excluding hydrogens is 273 g/mol. The molecule has 1 fully saturated rings. The molecule has 1 aliphatic carbocycles. The van der Waals surface area contributed by atoms with E-state index in [9.17, 15) is 4.39 Å². The number of benzene rings is 1. The normalized spacial score (nSPS) is 16.0. The van der Waals surface area contributed by atoms with Gasteiger partial charge < -0.3 is 14.6 Å². The lowest BCUT2D eigenvalue weighted by Crippen LogP contribution is -2.29. The van der Waals surface area contributed by atoms with Crippen molar-refractivity contribution in [1.29, 1.82) is 0 Å². The first-order chi connectivity index (χ1) is 10.2. The molecule has 0 saturated heterocycles. The van der Waals surface area contributed by atoms with E-state index >= 15 is 0 Å². The van der Waals surface area contributed by atoms with E-state index in [1.807, 2.05) is 7.05 Å². The number of ether oxygens (including phenoxy) is 1. The Morgan fingerprint density at radius 3 is 2.95 bits per heavy atom. The van der Waals surface area contributed by atoms with Crippen molar-refractivity contribution in [1.82, 2.24) is 15.5 Å². The third-order valence-corrected chi connectivity index (χ3v) is 3.83. The summed E-state index contributed by atoms with van der Waals surface area (Å²) < 4.78 is 23.7. The predicted molar refractivity (Wildman–Crippen MR) is 75.5 cm³/mol. The maximum atomic E-state index is 13.4. The second kappa shape index (κ2) is 5.81. The SMILES string of the molecule is CNC(Cc1nc(-c2ccc(F)c(OC)c2)no1)C1CC1. The van der Waals surface area contributed by atoms with Crippen molar-refractivity contribution in [2.45, 2.75) is 25.3 Å². The molecular formula is C15H18FN3O2. The van der Waals surface area contributed by atoms with Crippen LogP contribution >= 0.6 is 0 Å². The van der Waals surface area contributed by atoms with Gasteiger partial charge in [-0.25, -0.2) is 4.39 Å². The van der Waals surface area contributed by atoms with E-state index in [-0.39, 0.29) is 5.75 Å². The van der Waals surface area contributed by atoms with E-state index in [0.717, 1.165) is 0 Å². The number of methoxy groups -OCH3 is 1. The van der Waals surface area contributed by atoms with Gasteiger partial charge >= 0.3 is 0 Å². The van der Waals surface area contributed by atoms with Gasteiger partial charge in [0, 0.05) is 18.0 Å². The zero-order valence-corrected chi connectivity index (χ0v) is 12.1. The molecule has 0 spiro atoms. The fourth-order valence-electron chi connectivity index (χ4n) is 2.45. The monoisotopic (exact) mass is 291 g/mol. The smallest absolute Gasteiger partial charge is 0.228 e. The van der Waals surface area contributed by atoms with Crippen molar-refractivity contribution in [3.05, 3.63) is 29.9 Å². The molecule has 1 unspecified atom stereocenters. The molecule has 0 radical (unpaired) electrons. The summed E-state index contributed by atoms with van der Waals surface area (Å²) in [6.07, 6.45) is 3.22. The molecule has 3 rings (SSSR count). The van der Waals surface area contributed by atoms with Crippen LogP contribution in [0.4, 0.5) is 4.39 Å². The minimum absolute atomic E-state index is 0.171. The standard InChI is InChI=1S/C15H18FN3O2/c1-17-12(9-3-4-9)8-14-18-15(19-21-14)10-5-6-11(16)13(7-10)20-2/h5-7,9,12,17H,3-4,8H2,1-2H3. The Balaban J connectivity index is 1.77. The maximum absolute atomic E-state index is 13.4. The molecule has 1 N–H and O–H groups in total. The van der Waals surface area contributed by atoms with Crippen molar-refractivity contribution in [2.24, 2.45) is 5.92 Å². The zero-order valence-electron chi connectivity index (χ0n) is 12.1. The summed E-state index contributed by atoms with van der Waals surface area (Å²) in [5.74, 6) is 1.52. The van der Waals surface area contributed by atoms with Crippen molar-refractivity contribution in [3.8, 4) is 17.1 Å². The first-order valence-electron chi connectivity index (χ1n) is 7.05. The van der Waals surface area contributed by atoms with Gasteiger partial charge in [0.15, 0.2) is 11.6 Å². The van der Waals surface area contributed by atoms with Crippen molar-refractivity contribution >= 4 is 0 Å². The van der Waals surface area contributed by atoms with Crippen molar-refractivity contribution in [2.75, 3.05) is 14.2 Å². The molecule has 21 heavy (non-hydrogen) atoms. The largest absolute Gasteiger partial charge is 0.494 e. The van der Waals surface area contributed by atoms with E-state index in [0.29, 0.717) is 35.7 Å².